The van der Waals surface area contributed by atoms with Gasteiger partial charge >= 0.3 is 18.3 Å². The number of benzene rings is 1. The highest BCUT2D eigenvalue weighted by atomic mass is 28.3. The number of hydrogen-bond acceptors (Lipinski definition) is 8. The molecule has 49 heavy (non-hydrogen) atoms. The van der Waals surface area contributed by atoms with Gasteiger partial charge in [0.2, 0.25) is 0 Å². The first-order valence-corrected chi connectivity index (χ1v) is 18.4. The topological polar surface area (TPSA) is 141 Å². The Labute approximate surface area is 274 Å². The van der Waals surface area contributed by atoms with Gasteiger partial charge in [-0.2, -0.15) is 31.4 Å². The molecule has 0 saturated carbocycles. The van der Waals surface area contributed by atoms with Crippen molar-refractivity contribution in [2.24, 2.45) is 0 Å². The van der Waals surface area contributed by atoms with Gasteiger partial charge in [0, 0.05) is 39.8 Å². The van der Waals surface area contributed by atoms with Crippen LogP contribution < -0.4 is 16.4 Å². The predicted molar refractivity (Wildman–Crippen MR) is 166 cm³/mol. The van der Waals surface area contributed by atoms with E-state index in [2.05, 4.69) is 40.0 Å². The van der Waals surface area contributed by atoms with Gasteiger partial charge in [0.1, 0.15) is 24.2 Å². The van der Waals surface area contributed by atoms with Crippen molar-refractivity contribution in [2.75, 3.05) is 11.9 Å². The summed E-state index contributed by atoms with van der Waals surface area (Å²) in [5.74, 6) is -2.85. The Morgan fingerprint density at radius 2 is 1.69 bits per heavy atom. The number of fused-ring (bicyclic) bond motifs is 1. The van der Waals surface area contributed by atoms with E-state index in [-0.39, 0.29) is 48.2 Å². The third kappa shape index (κ3) is 9.28. The molecule has 0 radical (unpaired) electrons. The number of carboxylic acids is 1. The number of hydrogen-bond donors (Lipinski definition) is 2. The largest absolute Gasteiger partial charge is 0.480 e. The average Bonchev–Trinajstić information content (AvgIpc) is 2.99. The number of carboxylic acid groups (broad SMARTS) is 1. The van der Waals surface area contributed by atoms with Crippen molar-refractivity contribution in [1.29, 1.82) is 0 Å². The van der Waals surface area contributed by atoms with Crippen molar-refractivity contribution >= 4 is 30.5 Å². The van der Waals surface area contributed by atoms with E-state index in [1.807, 2.05) is 0 Å². The third-order valence-corrected chi connectivity index (χ3v) is 9.05. The summed E-state index contributed by atoms with van der Waals surface area (Å²) in [4.78, 5) is 44.9. The van der Waals surface area contributed by atoms with Crippen molar-refractivity contribution in [2.45, 2.75) is 70.2 Å². The Balaban J connectivity index is 1.48. The number of pyridine rings is 1. The van der Waals surface area contributed by atoms with Crippen molar-refractivity contribution in [1.82, 2.24) is 24.3 Å². The number of nitrogens with zero attached hydrogens (tertiary/aromatic N) is 5. The minimum Gasteiger partial charge on any atom is -0.480 e. The number of halogens is 7. The zero-order valence-electron chi connectivity index (χ0n) is 26.3. The highest BCUT2D eigenvalue weighted by molar-refractivity contribution is 6.76. The minimum absolute atomic E-state index is 0.0495. The van der Waals surface area contributed by atoms with Gasteiger partial charge < -0.3 is 19.7 Å². The number of anilines is 1. The Kier molecular flexibility index (Phi) is 11.0. The van der Waals surface area contributed by atoms with Gasteiger partial charge in [-0.15, -0.1) is 0 Å². The Hall–Kier alpha value is -4.65. The molecule has 0 spiro atoms. The first-order valence-electron chi connectivity index (χ1n) is 14.7. The Morgan fingerprint density at radius 1 is 1.02 bits per heavy atom. The van der Waals surface area contributed by atoms with E-state index in [0.29, 0.717) is 29.3 Å². The SMILES string of the molecule is C[Si](C)(C)CCOCn1ncc(N[C@H](CCCn2ccc3cc(-c4ncc(C(F)(F)F)cn4)c(F)cc3c2=O)C(=O)O)c(C(F)(F)F)c1=O. The number of ether oxygens (including phenoxy) is 1. The number of rotatable bonds is 13. The molecule has 2 N–H and O–H groups in total. The highest BCUT2D eigenvalue weighted by Gasteiger charge is 2.39. The summed E-state index contributed by atoms with van der Waals surface area (Å²) in [7, 11) is -1.50. The number of nitrogens with one attached hydrogen (secondary N) is 1. The quantitative estimate of drug-likeness (QED) is 0.0991. The molecule has 0 aliphatic carbocycles. The van der Waals surface area contributed by atoms with Crippen LogP contribution in [0.1, 0.15) is 24.0 Å². The van der Waals surface area contributed by atoms with Crippen LogP contribution in [0.3, 0.4) is 0 Å². The molecule has 4 aromatic rings. The van der Waals surface area contributed by atoms with Gasteiger partial charge in [0.15, 0.2) is 5.82 Å². The first-order chi connectivity index (χ1) is 22.8. The minimum atomic E-state index is -5.16. The molecular weight excluding hydrogens is 685 g/mol. The maximum Gasteiger partial charge on any atom is 0.423 e. The highest BCUT2D eigenvalue weighted by Crippen LogP contribution is 2.33. The van der Waals surface area contributed by atoms with Gasteiger partial charge in [0.05, 0.1) is 28.4 Å². The van der Waals surface area contributed by atoms with Crippen molar-refractivity contribution in [3.63, 3.8) is 0 Å². The molecule has 0 aliphatic rings. The fourth-order valence-corrected chi connectivity index (χ4v) is 5.43. The molecule has 3 heterocycles. The lowest BCUT2D eigenvalue weighted by Gasteiger charge is -2.20. The van der Waals surface area contributed by atoms with Gasteiger partial charge in [-0.05, 0) is 42.5 Å². The van der Waals surface area contributed by atoms with E-state index < -0.39 is 72.9 Å². The molecule has 0 saturated heterocycles. The van der Waals surface area contributed by atoms with E-state index >= 15 is 0 Å². The van der Waals surface area contributed by atoms with Crippen LogP contribution in [0.4, 0.5) is 36.4 Å². The maximum atomic E-state index is 15.0. The summed E-state index contributed by atoms with van der Waals surface area (Å²) in [5, 5.41) is 15.8. The van der Waals surface area contributed by atoms with Gasteiger partial charge in [-0.25, -0.2) is 23.8 Å². The zero-order chi connectivity index (χ0) is 36.3. The number of aromatic nitrogens is 5. The molecular formula is C30H31F7N6O5Si. The first kappa shape index (κ1) is 37.2. The van der Waals surface area contributed by atoms with Crippen LogP contribution in [0.25, 0.3) is 22.2 Å². The second-order valence-electron chi connectivity index (χ2n) is 12.3. The third-order valence-electron chi connectivity index (χ3n) is 7.34. The standard InChI is InChI=1S/C30H31F7N6O5Si/c1-49(2,3)10-9-48-16-43-27(45)24(30(35,36)37)23(15-40-43)41-22(28(46)47)5-4-7-42-8-6-17-11-20(21(31)12-19(17)26(42)44)25-38-13-18(14-39-25)29(32,33)34/h6,8,11-15,22,41H,4-5,7,9-10,16H2,1-3H3,(H,46,47)/t22-/m1/s1. The summed E-state index contributed by atoms with van der Waals surface area (Å²) in [6, 6.07) is 2.58. The normalized spacial score (nSPS) is 13.1. The molecule has 11 nitrogen and oxygen atoms in total. The zero-order valence-corrected chi connectivity index (χ0v) is 27.3. The smallest absolute Gasteiger partial charge is 0.423 e. The average molecular weight is 717 g/mol. The van der Waals surface area contributed by atoms with E-state index in [1.165, 1.54) is 18.3 Å². The molecule has 3 aromatic heterocycles. The molecule has 19 heteroatoms. The summed E-state index contributed by atoms with van der Waals surface area (Å²) in [5.41, 5.74) is -6.05. The summed E-state index contributed by atoms with van der Waals surface area (Å²) in [6.45, 7) is 5.80. The van der Waals surface area contributed by atoms with Crippen molar-refractivity contribution < 1.29 is 45.4 Å². The summed E-state index contributed by atoms with van der Waals surface area (Å²) >= 11 is 0. The summed E-state index contributed by atoms with van der Waals surface area (Å²) in [6.07, 6.45) is -7.16. The van der Waals surface area contributed by atoms with E-state index in [0.717, 1.165) is 10.6 Å². The Morgan fingerprint density at radius 3 is 2.29 bits per heavy atom. The second kappa shape index (κ2) is 14.4. The maximum absolute atomic E-state index is 15.0. The van der Waals surface area contributed by atoms with Crippen molar-refractivity contribution in [3.05, 3.63) is 80.6 Å². The van der Waals surface area contributed by atoms with Gasteiger partial charge in [0.25, 0.3) is 11.1 Å². The van der Waals surface area contributed by atoms with Crippen LogP contribution in [0, 0.1) is 5.82 Å². The van der Waals surface area contributed by atoms with Crippen molar-refractivity contribution in [3.8, 4) is 11.4 Å². The second-order valence-corrected chi connectivity index (χ2v) is 17.9. The molecule has 0 aliphatic heterocycles. The molecule has 1 atom stereocenters. The van der Waals surface area contributed by atoms with Crippen LogP contribution in [0.5, 0.6) is 0 Å². The molecule has 0 bridgehead atoms. The number of alkyl halides is 6. The van der Waals surface area contributed by atoms with Crippen LogP contribution in [-0.2, 0) is 35.2 Å². The molecule has 0 amide bonds. The molecule has 264 valence electrons. The Bertz CT molecular complexity index is 1940. The fraction of sp³-hybridized carbons (Fsp3) is 0.400. The van der Waals surface area contributed by atoms with Crippen LogP contribution in [0.15, 0.2) is 52.6 Å². The van der Waals surface area contributed by atoms with E-state index in [9.17, 15) is 50.2 Å². The molecule has 0 unspecified atom stereocenters. The molecule has 1 aromatic carbocycles. The van der Waals surface area contributed by atoms with E-state index in [1.54, 1.807) is 0 Å². The van der Waals surface area contributed by atoms with Crippen LogP contribution in [0.2, 0.25) is 25.7 Å². The molecule has 4 rings (SSSR count). The lowest BCUT2D eigenvalue weighted by atomic mass is 10.1. The van der Waals surface area contributed by atoms with Gasteiger partial charge in [-0.1, -0.05) is 19.6 Å². The number of aliphatic carboxylic acids is 1. The fourth-order valence-electron chi connectivity index (χ4n) is 4.67. The lowest BCUT2D eigenvalue weighted by Crippen LogP contribution is -2.36. The summed E-state index contributed by atoms with van der Waals surface area (Å²) < 4.78 is 102. The monoisotopic (exact) mass is 716 g/mol. The van der Waals surface area contributed by atoms with E-state index in [4.69, 9.17) is 4.74 Å². The van der Waals surface area contributed by atoms with Crippen LogP contribution in [-0.4, -0.2) is 56.1 Å². The predicted octanol–water partition coefficient (Wildman–Crippen LogP) is 5.85. The van der Waals surface area contributed by atoms with Gasteiger partial charge in [-0.3, -0.25) is 9.59 Å². The molecule has 0 fully saturated rings. The number of aryl methyl sites for hydroxylation is 1. The lowest BCUT2D eigenvalue weighted by molar-refractivity contribution is -0.140. The van der Waals surface area contributed by atoms with Crippen LogP contribution >= 0.6 is 0 Å². The number of carbonyl (C=O) groups is 1.